The summed E-state index contributed by atoms with van der Waals surface area (Å²) in [7, 11) is 0. The van der Waals surface area contributed by atoms with Crippen molar-refractivity contribution in [1.29, 1.82) is 0 Å². The van der Waals surface area contributed by atoms with Crippen molar-refractivity contribution >= 4 is 11.7 Å². The molecule has 0 aliphatic heterocycles. The number of hydrogen-bond donors (Lipinski definition) is 3. The van der Waals surface area contributed by atoms with E-state index < -0.39 is 0 Å². The van der Waals surface area contributed by atoms with Gasteiger partial charge in [0.25, 0.3) is 0 Å². The van der Waals surface area contributed by atoms with Gasteiger partial charge in [-0.3, -0.25) is 4.79 Å². The first-order valence-electron chi connectivity index (χ1n) is 5.57. The molecule has 16 heavy (non-hydrogen) atoms. The maximum Gasteiger partial charge on any atom is 0.221 e. The highest BCUT2D eigenvalue weighted by atomic mass is 16.4. The Kier molecular flexibility index (Phi) is 5.85. The highest BCUT2D eigenvalue weighted by Crippen LogP contribution is 2.18. The lowest BCUT2D eigenvalue weighted by Crippen LogP contribution is -2.45. The maximum atomic E-state index is 11.7. The molecule has 4 N–H and O–H groups in total. The smallest absolute Gasteiger partial charge is 0.221 e. The maximum absolute atomic E-state index is 11.7. The third-order valence-corrected chi connectivity index (χ3v) is 2.08. The van der Waals surface area contributed by atoms with Crippen LogP contribution in [0.3, 0.4) is 0 Å². The fraction of sp³-hybridized carbons (Fsp3) is 0.818. The predicted molar refractivity (Wildman–Crippen MR) is 64.3 cm³/mol. The SMILES string of the molecule is CCCC(NC(=O)CC(C)(C)C)/C(N)=N/O. The summed E-state index contributed by atoms with van der Waals surface area (Å²) >= 11 is 0. The van der Waals surface area contributed by atoms with Gasteiger partial charge in [0, 0.05) is 6.42 Å². The number of amides is 1. The molecule has 0 aliphatic carbocycles. The van der Waals surface area contributed by atoms with Crippen LogP contribution in [0.1, 0.15) is 47.0 Å². The van der Waals surface area contributed by atoms with Crippen LogP contribution < -0.4 is 11.1 Å². The van der Waals surface area contributed by atoms with Crippen LogP contribution in [-0.2, 0) is 4.79 Å². The van der Waals surface area contributed by atoms with E-state index in [-0.39, 0.29) is 23.2 Å². The van der Waals surface area contributed by atoms with Crippen LogP contribution in [-0.4, -0.2) is 23.0 Å². The molecule has 0 bridgehead atoms. The van der Waals surface area contributed by atoms with Crippen LogP contribution in [0.4, 0.5) is 0 Å². The first kappa shape index (κ1) is 14.7. The monoisotopic (exact) mass is 229 g/mol. The first-order valence-corrected chi connectivity index (χ1v) is 5.57. The van der Waals surface area contributed by atoms with Gasteiger partial charge in [-0.15, -0.1) is 0 Å². The molecule has 0 aromatic rings. The quantitative estimate of drug-likeness (QED) is 0.288. The molecule has 1 atom stereocenters. The lowest BCUT2D eigenvalue weighted by Gasteiger charge is -2.21. The number of nitrogens with zero attached hydrogens (tertiary/aromatic N) is 1. The van der Waals surface area contributed by atoms with Crippen molar-refractivity contribution < 1.29 is 10.0 Å². The van der Waals surface area contributed by atoms with E-state index in [4.69, 9.17) is 10.9 Å². The summed E-state index contributed by atoms with van der Waals surface area (Å²) in [4.78, 5) is 11.7. The predicted octanol–water partition coefficient (Wildman–Crippen LogP) is 1.45. The molecule has 5 nitrogen and oxygen atoms in total. The molecule has 94 valence electrons. The van der Waals surface area contributed by atoms with Gasteiger partial charge < -0.3 is 16.3 Å². The average Bonchev–Trinajstić information content (AvgIpc) is 2.13. The van der Waals surface area contributed by atoms with Gasteiger partial charge in [-0.2, -0.15) is 0 Å². The fourth-order valence-corrected chi connectivity index (χ4v) is 1.38. The number of carbonyl (C=O) groups excluding carboxylic acids is 1. The molecule has 0 saturated heterocycles. The van der Waals surface area contributed by atoms with Gasteiger partial charge in [0.2, 0.25) is 5.91 Å². The Morgan fingerprint density at radius 2 is 2.06 bits per heavy atom. The van der Waals surface area contributed by atoms with E-state index in [2.05, 4.69) is 10.5 Å². The molecule has 0 spiro atoms. The average molecular weight is 229 g/mol. The summed E-state index contributed by atoms with van der Waals surface area (Å²) in [5.74, 6) is -0.0124. The Morgan fingerprint density at radius 3 is 2.44 bits per heavy atom. The number of amidine groups is 1. The van der Waals surface area contributed by atoms with Crippen molar-refractivity contribution in [3.63, 3.8) is 0 Å². The molecule has 0 heterocycles. The Hall–Kier alpha value is -1.26. The van der Waals surface area contributed by atoms with Gasteiger partial charge >= 0.3 is 0 Å². The van der Waals surface area contributed by atoms with Gasteiger partial charge in [0.15, 0.2) is 5.84 Å². The normalized spacial score (nSPS) is 14.6. The van der Waals surface area contributed by atoms with E-state index in [1.54, 1.807) is 0 Å². The van der Waals surface area contributed by atoms with E-state index in [1.165, 1.54) is 0 Å². The minimum absolute atomic E-state index is 0.0594. The van der Waals surface area contributed by atoms with Crippen molar-refractivity contribution in [3.05, 3.63) is 0 Å². The molecular formula is C11H23N3O2. The molecule has 1 unspecified atom stereocenters. The van der Waals surface area contributed by atoms with Crippen molar-refractivity contribution in [3.8, 4) is 0 Å². The van der Waals surface area contributed by atoms with E-state index in [1.807, 2.05) is 27.7 Å². The number of hydrogen-bond acceptors (Lipinski definition) is 3. The van der Waals surface area contributed by atoms with Crippen LogP contribution in [0.5, 0.6) is 0 Å². The number of rotatable bonds is 5. The minimum atomic E-state index is -0.371. The summed E-state index contributed by atoms with van der Waals surface area (Å²) in [5.41, 5.74) is 5.44. The lowest BCUT2D eigenvalue weighted by molar-refractivity contribution is -0.123. The molecular weight excluding hydrogens is 206 g/mol. The zero-order chi connectivity index (χ0) is 12.8. The third kappa shape index (κ3) is 6.27. The van der Waals surface area contributed by atoms with Gasteiger partial charge in [-0.1, -0.05) is 39.3 Å². The Bertz CT molecular complexity index is 256. The molecule has 0 radical (unpaired) electrons. The number of carbonyl (C=O) groups is 1. The molecule has 0 rings (SSSR count). The second kappa shape index (κ2) is 6.35. The highest BCUT2D eigenvalue weighted by Gasteiger charge is 2.20. The van der Waals surface area contributed by atoms with Gasteiger partial charge in [-0.25, -0.2) is 0 Å². The molecule has 0 aromatic heterocycles. The van der Waals surface area contributed by atoms with E-state index >= 15 is 0 Å². The molecule has 0 saturated carbocycles. The highest BCUT2D eigenvalue weighted by molar-refractivity contribution is 5.89. The zero-order valence-corrected chi connectivity index (χ0v) is 10.6. The van der Waals surface area contributed by atoms with Crippen LogP contribution in [0.2, 0.25) is 0 Å². The lowest BCUT2D eigenvalue weighted by atomic mass is 9.92. The van der Waals surface area contributed by atoms with Crippen LogP contribution in [0, 0.1) is 5.41 Å². The van der Waals surface area contributed by atoms with Crippen LogP contribution in [0.25, 0.3) is 0 Å². The van der Waals surface area contributed by atoms with E-state index in [9.17, 15) is 4.79 Å². The topological polar surface area (TPSA) is 87.7 Å². The van der Waals surface area contributed by atoms with Gasteiger partial charge in [-0.05, 0) is 11.8 Å². The Morgan fingerprint density at radius 1 is 1.50 bits per heavy atom. The molecule has 0 aliphatic rings. The van der Waals surface area contributed by atoms with Crippen molar-refractivity contribution in [2.24, 2.45) is 16.3 Å². The Labute approximate surface area is 97.1 Å². The zero-order valence-electron chi connectivity index (χ0n) is 10.6. The molecule has 1 amide bonds. The fourth-order valence-electron chi connectivity index (χ4n) is 1.38. The van der Waals surface area contributed by atoms with Gasteiger partial charge in [0.1, 0.15) is 0 Å². The van der Waals surface area contributed by atoms with Crippen LogP contribution >= 0.6 is 0 Å². The molecule has 0 aromatic carbocycles. The number of nitrogens with one attached hydrogen (secondary N) is 1. The van der Waals surface area contributed by atoms with Gasteiger partial charge in [0.05, 0.1) is 6.04 Å². The summed E-state index contributed by atoms with van der Waals surface area (Å²) in [6.07, 6.45) is 1.95. The van der Waals surface area contributed by atoms with Crippen molar-refractivity contribution in [2.75, 3.05) is 0 Å². The number of oxime groups is 1. The summed E-state index contributed by atoms with van der Waals surface area (Å²) in [6.45, 7) is 7.95. The largest absolute Gasteiger partial charge is 0.409 e. The first-order chi connectivity index (χ1) is 7.30. The van der Waals surface area contributed by atoms with E-state index in [0.29, 0.717) is 12.8 Å². The second-order valence-electron chi connectivity index (χ2n) is 5.17. The standard InChI is InChI=1S/C11H23N3O2/c1-5-6-8(10(12)14-16)13-9(15)7-11(2,3)4/h8,16H,5-7H2,1-4H3,(H2,12,14)(H,13,15). The third-order valence-electron chi connectivity index (χ3n) is 2.08. The summed E-state index contributed by atoms with van der Waals surface area (Å²) in [6, 6.07) is -0.371. The molecule has 0 fully saturated rings. The van der Waals surface area contributed by atoms with E-state index in [0.717, 1.165) is 6.42 Å². The molecule has 5 heteroatoms. The summed E-state index contributed by atoms with van der Waals surface area (Å²) < 4.78 is 0. The van der Waals surface area contributed by atoms with Crippen molar-refractivity contribution in [2.45, 2.75) is 53.0 Å². The number of nitrogens with two attached hydrogens (primary N) is 1. The minimum Gasteiger partial charge on any atom is -0.409 e. The van der Waals surface area contributed by atoms with Crippen molar-refractivity contribution in [1.82, 2.24) is 5.32 Å². The Balaban J connectivity index is 4.35. The summed E-state index contributed by atoms with van der Waals surface area (Å²) in [5, 5.41) is 14.3. The second-order valence-corrected chi connectivity index (χ2v) is 5.17. The van der Waals surface area contributed by atoms with Crippen LogP contribution in [0.15, 0.2) is 5.16 Å².